The summed E-state index contributed by atoms with van der Waals surface area (Å²) in [6, 6.07) is 13.7. The van der Waals surface area contributed by atoms with E-state index in [4.69, 9.17) is 0 Å². The smallest absolute Gasteiger partial charge is 0.326 e. The minimum atomic E-state index is -4.65. The van der Waals surface area contributed by atoms with E-state index in [9.17, 15) is 22.0 Å². The van der Waals surface area contributed by atoms with E-state index in [1.54, 1.807) is 35.3 Å². The molecule has 27 heavy (non-hydrogen) atoms. The number of halogens is 2. The minimum Gasteiger partial charge on any atom is -0.326 e. The van der Waals surface area contributed by atoms with E-state index in [0.717, 1.165) is 23.4 Å². The maximum absolute atomic E-state index is 12.5. The Balaban J connectivity index is 1.62. The topological polar surface area (TPSA) is 81.1 Å². The van der Waals surface area contributed by atoms with E-state index in [-0.39, 0.29) is 12.3 Å². The van der Waals surface area contributed by atoms with Gasteiger partial charge in [-0.1, -0.05) is 12.1 Å². The van der Waals surface area contributed by atoms with Crippen LogP contribution in [0.2, 0.25) is 0 Å². The van der Waals surface area contributed by atoms with Gasteiger partial charge in [0.15, 0.2) is 0 Å². The van der Waals surface area contributed by atoms with Crippen molar-refractivity contribution in [3.63, 3.8) is 0 Å². The highest BCUT2D eigenvalue weighted by molar-refractivity contribution is 7.91. The van der Waals surface area contributed by atoms with Crippen LogP contribution < -0.4 is 5.32 Å². The molecule has 9 heteroatoms. The summed E-state index contributed by atoms with van der Waals surface area (Å²) in [5, 5.41) is 6.72. The van der Waals surface area contributed by atoms with Gasteiger partial charge in [-0.3, -0.25) is 4.79 Å². The highest BCUT2D eigenvalue weighted by atomic mass is 32.2. The first kappa shape index (κ1) is 18.7. The lowest BCUT2D eigenvalue weighted by molar-refractivity contribution is -0.115. The van der Waals surface area contributed by atoms with E-state index in [0.29, 0.717) is 5.69 Å². The molecular formula is C18H15F2N3O3S. The summed E-state index contributed by atoms with van der Waals surface area (Å²) >= 11 is 0. The number of anilines is 1. The SMILES string of the molecule is O=C(Cc1ccc(-n2cccn2)cc1)Nc1ccc(S(=O)(=O)C(F)F)cc1. The van der Waals surface area contributed by atoms with Crippen LogP contribution in [0.25, 0.3) is 5.69 Å². The molecule has 0 radical (unpaired) electrons. The number of hydrogen-bond donors (Lipinski definition) is 1. The first-order valence-electron chi connectivity index (χ1n) is 7.87. The standard InChI is InChI=1S/C18H15F2N3O3S/c19-18(20)27(25,26)16-8-4-14(5-9-16)22-17(24)12-13-2-6-15(7-3-13)23-11-1-10-21-23/h1-11,18H,12H2,(H,22,24). The molecule has 0 atom stereocenters. The van der Waals surface area contributed by atoms with Gasteiger partial charge < -0.3 is 5.32 Å². The van der Waals surface area contributed by atoms with Crippen molar-refractivity contribution in [3.8, 4) is 5.69 Å². The van der Waals surface area contributed by atoms with E-state index in [1.807, 2.05) is 12.1 Å². The zero-order valence-corrected chi connectivity index (χ0v) is 14.7. The largest absolute Gasteiger partial charge is 0.341 e. The quantitative estimate of drug-likeness (QED) is 0.700. The van der Waals surface area contributed by atoms with Crippen LogP contribution in [0.4, 0.5) is 14.5 Å². The van der Waals surface area contributed by atoms with Gasteiger partial charge >= 0.3 is 5.76 Å². The van der Waals surface area contributed by atoms with Crippen LogP contribution in [0.1, 0.15) is 5.56 Å². The van der Waals surface area contributed by atoms with Crippen molar-refractivity contribution in [3.05, 3.63) is 72.6 Å². The van der Waals surface area contributed by atoms with Crippen molar-refractivity contribution in [1.29, 1.82) is 0 Å². The Morgan fingerprint density at radius 2 is 1.74 bits per heavy atom. The van der Waals surface area contributed by atoms with Crippen LogP contribution in [-0.2, 0) is 21.1 Å². The molecule has 0 saturated heterocycles. The molecule has 0 spiro atoms. The van der Waals surface area contributed by atoms with Crippen molar-refractivity contribution in [1.82, 2.24) is 9.78 Å². The average Bonchev–Trinajstić information content (AvgIpc) is 3.17. The minimum absolute atomic E-state index is 0.108. The molecule has 0 unspecified atom stereocenters. The fourth-order valence-corrected chi connectivity index (χ4v) is 3.13. The van der Waals surface area contributed by atoms with Gasteiger partial charge in [-0.2, -0.15) is 13.9 Å². The number of carbonyl (C=O) groups is 1. The molecule has 0 aliphatic rings. The van der Waals surface area contributed by atoms with E-state index >= 15 is 0 Å². The van der Waals surface area contributed by atoms with Gasteiger partial charge in [-0.05, 0) is 48.0 Å². The number of nitrogens with one attached hydrogen (secondary N) is 1. The number of hydrogen-bond acceptors (Lipinski definition) is 4. The van der Waals surface area contributed by atoms with Gasteiger partial charge in [0.25, 0.3) is 0 Å². The second-order valence-corrected chi connectivity index (χ2v) is 7.59. The number of nitrogens with zero attached hydrogens (tertiary/aromatic N) is 2. The lowest BCUT2D eigenvalue weighted by Gasteiger charge is -2.08. The first-order valence-corrected chi connectivity index (χ1v) is 9.42. The Labute approximate surface area is 154 Å². The lowest BCUT2D eigenvalue weighted by Crippen LogP contribution is -2.15. The number of carbonyl (C=O) groups excluding carboxylic acids is 1. The second-order valence-electron chi connectivity index (χ2n) is 5.67. The fraction of sp³-hybridized carbons (Fsp3) is 0.111. The van der Waals surface area contributed by atoms with E-state index in [1.165, 1.54) is 12.1 Å². The van der Waals surface area contributed by atoms with E-state index in [2.05, 4.69) is 10.4 Å². The molecule has 0 aliphatic heterocycles. The molecule has 1 heterocycles. The second kappa shape index (κ2) is 7.67. The molecule has 0 fully saturated rings. The Bertz CT molecular complexity index is 1020. The third kappa shape index (κ3) is 4.37. The number of aromatic nitrogens is 2. The monoisotopic (exact) mass is 391 g/mol. The average molecular weight is 391 g/mol. The van der Waals surface area contributed by atoms with Crippen molar-refractivity contribution in [2.45, 2.75) is 17.1 Å². The third-order valence-electron chi connectivity index (χ3n) is 3.77. The van der Waals surface area contributed by atoms with Gasteiger partial charge in [0.05, 0.1) is 17.0 Å². The molecule has 0 saturated carbocycles. The predicted octanol–water partition coefficient (Wildman–Crippen LogP) is 3.05. The number of sulfone groups is 1. The van der Waals surface area contributed by atoms with Crippen LogP contribution in [-0.4, -0.2) is 29.9 Å². The molecule has 1 aromatic heterocycles. The Morgan fingerprint density at radius 1 is 1.07 bits per heavy atom. The van der Waals surface area contributed by atoms with Crippen LogP contribution in [0.5, 0.6) is 0 Å². The molecule has 3 rings (SSSR count). The Hall–Kier alpha value is -3.07. The zero-order valence-electron chi connectivity index (χ0n) is 13.9. The molecule has 1 amide bonds. The molecular weight excluding hydrogens is 376 g/mol. The van der Waals surface area contributed by atoms with Crippen molar-refractivity contribution in [2.75, 3.05) is 5.32 Å². The van der Waals surface area contributed by atoms with Crippen molar-refractivity contribution >= 4 is 21.4 Å². The maximum atomic E-state index is 12.5. The molecule has 3 aromatic rings. The number of benzene rings is 2. The van der Waals surface area contributed by atoms with Crippen LogP contribution >= 0.6 is 0 Å². The summed E-state index contributed by atoms with van der Waals surface area (Å²) in [5.41, 5.74) is 1.96. The molecule has 2 aromatic carbocycles. The van der Waals surface area contributed by atoms with Crippen LogP contribution in [0.3, 0.4) is 0 Å². The van der Waals surface area contributed by atoms with Gasteiger partial charge in [0.1, 0.15) is 0 Å². The summed E-state index contributed by atoms with van der Waals surface area (Å²) < 4.78 is 49.5. The first-order chi connectivity index (χ1) is 12.9. The van der Waals surface area contributed by atoms with Gasteiger partial charge in [-0.25, -0.2) is 13.1 Å². The number of amides is 1. The molecule has 0 bridgehead atoms. The molecule has 0 aliphatic carbocycles. The van der Waals surface area contributed by atoms with E-state index < -0.39 is 20.5 Å². The lowest BCUT2D eigenvalue weighted by atomic mass is 10.1. The summed E-state index contributed by atoms with van der Waals surface area (Å²) in [4.78, 5) is 11.6. The summed E-state index contributed by atoms with van der Waals surface area (Å²) in [6.07, 6.45) is 3.58. The van der Waals surface area contributed by atoms with Gasteiger partial charge in [0.2, 0.25) is 15.7 Å². The maximum Gasteiger partial charge on any atom is 0.341 e. The van der Waals surface area contributed by atoms with Crippen LogP contribution in [0.15, 0.2) is 71.9 Å². The normalized spacial score (nSPS) is 11.5. The molecule has 1 N–H and O–H groups in total. The van der Waals surface area contributed by atoms with Crippen LogP contribution in [0, 0.1) is 0 Å². The zero-order chi connectivity index (χ0) is 19.4. The highest BCUT2D eigenvalue weighted by Gasteiger charge is 2.26. The third-order valence-corrected chi connectivity index (χ3v) is 5.17. The molecule has 6 nitrogen and oxygen atoms in total. The van der Waals surface area contributed by atoms with Gasteiger partial charge in [-0.15, -0.1) is 0 Å². The van der Waals surface area contributed by atoms with Crippen molar-refractivity contribution in [2.24, 2.45) is 0 Å². The summed E-state index contributed by atoms with van der Waals surface area (Å²) in [5.74, 6) is -3.80. The summed E-state index contributed by atoms with van der Waals surface area (Å²) in [7, 11) is -4.65. The van der Waals surface area contributed by atoms with Gasteiger partial charge in [0, 0.05) is 18.1 Å². The fourth-order valence-electron chi connectivity index (χ4n) is 2.41. The highest BCUT2D eigenvalue weighted by Crippen LogP contribution is 2.20. The summed E-state index contributed by atoms with van der Waals surface area (Å²) in [6.45, 7) is 0. The molecule has 140 valence electrons. The number of alkyl halides is 2. The Kier molecular flexibility index (Phi) is 5.31. The van der Waals surface area contributed by atoms with Crippen molar-refractivity contribution < 1.29 is 22.0 Å². The Morgan fingerprint density at radius 3 is 2.30 bits per heavy atom. The predicted molar refractivity (Wildman–Crippen MR) is 95.5 cm³/mol. The number of rotatable bonds is 6.